The molecule has 3 aromatic rings. The maximum absolute atomic E-state index is 12.6. The van der Waals surface area contributed by atoms with Gasteiger partial charge in [0.1, 0.15) is 0 Å². The average molecular weight is 490 g/mol. The summed E-state index contributed by atoms with van der Waals surface area (Å²) in [6.07, 6.45) is -0.188. The molecule has 2 amide bonds. The second kappa shape index (κ2) is 11.4. The highest BCUT2D eigenvalue weighted by molar-refractivity contribution is 7.90. The molecule has 1 aromatic heterocycles. The molecule has 8 nitrogen and oxygen atoms in total. The normalized spacial score (nSPS) is 12.2. The summed E-state index contributed by atoms with van der Waals surface area (Å²) >= 11 is 1.31. The number of amides is 2. The Morgan fingerprint density at radius 1 is 1.15 bits per heavy atom. The van der Waals surface area contributed by atoms with E-state index in [2.05, 4.69) is 10.3 Å². The largest absolute Gasteiger partial charge is 0.380 e. The van der Waals surface area contributed by atoms with Crippen molar-refractivity contribution in [3.8, 4) is 0 Å². The van der Waals surface area contributed by atoms with Gasteiger partial charge < -0.3 is 14.6 Å². The van der Waals surface area contributed by atoms with Crippen LogP contribution in [0.1, 0.15) is 25.8 Å². The molecule has 0 aliphatic rings. The van der Waals surface area contributed by atoms with E-state index in [9.17, 15) is 18.0 Å². The number of rotatable bonds is 10. The minimum atomic E-state index is -3.44. The third kappa shape index (κ3) is 7.34. The molecular formula is C23H27N3O5S2. The lowest BCUT2D eigenvalue weighted by Gasteiger charge is -2.06. The van der Waals surface area contributed by atoms with Crippen LogP contribution >= 0.6 is 11.3 Å². The van der Waals surface area contributed by atoms with E-state index in [4.69, 9.17) is 4.74 Å². The number of nitrogens with zero attached hydrogens (tertiary/aromatic N) is 2. The third-order valence-corrected chi connectivity index (χ3v) is 7.38. The number of benzene rings is 2. The van der Waals surface area contributed by atoms with Gasteiger partial charge in [-0.2, -0.15) is 4.99 Å². The van der Waals surface area contributed by atoms with Crippen LogP contribution in [0.4, 0.5) is 5.69 Å². The molecule has 1 N–H and O–H groups in total. The molecule has 0 aliphatic heterocycles. The van der Waals surface area contributed by atoms with E-state index in [0.29, 0.717) is 35.8 Å². The summed E-state index contributed by atoms with van der Waals surface area (Å²) in [7, 11) is -3.44. The predicted molar refractivity (Wildman–Crippen MR) is 130 cm³/mol. The maximum atomic E-state index is 12.6. The molecule has 176 valence electrons. The molecule has 0 atom stereocenters. The van der Waals surface area contributed by atoms with Crippen LogP contribution in [0.5, 0.6) is 0 Å². The zero-order valence-corrected chi connectivity index (χ0v) is 20.2. The lowest BCUT2D eigenvalue weighted by atomic mass is 10.2. The Balaban J connectivity index is 1.81. The van der Waals surface area contributed by atoms with Gasteiger partial charge in [0.05, 0.1) is 28.3 Å². The van der Waals surface area contributed by atoms with Gasteiger partial charge in [-0.15, -0.1) is 0 Å². The van der Waals surface area contributed by atoms with Crippen LogP contribution in [-0.2, 0) is 36.5 Å². The zero-order chi connectivity index (χ0) is 23.8. The number of carbonyl (C=O) groups excluding carboxylic acids is 2. The lowest BCUT2D eigenvalue weighted by Crippen LogP contribution is -2.20. The minimum absolute atomic E-state index is 0.107. The summed E-state index contributed by atoms with van der Waals surface area (Å²) in [5, 5.41) is 2.75. The molecule has 10 heteroatoms. The summed E-state index contributed by atoms with van der Waals surface area (Å²) in [6.45, 7) is 4.85. The molecular weight excluding hydrogens is 462 g/mol. The van der Waals surface area contributed by atoms with Crippen molar-refractivity contribution in [3.63, 3.8) is 0 Å². The lowest BCUT2D eigenvalue weighted by molar-refractivity contribution is -0.117. The van der Waals surface area contributed by atoms with Crippen molar-refractivity contribution in [3.05, 3.63) is 58.9 Å². The fourth-order valence-electron chi connectivity index (χ4n) is 3.26. The summed E-state index contributed by atoms with van der Waals surface area (Å²) in [4.78, 5) is 28.6. The predicted octanol–water partition coefficient (Wildman–Crippen LogP) is 3.13. The number of fused-ring (bicyclic) bond motifs is 1. The molecule has 0 saturated heterocycles. The number of hydrogen-bond acceptors (Lipinski definition) is 6. The van der Waals surface area contributed by atoms with Gasteiger partial charge in [-0.05, 0) is 30.7 Å². The summed E-state index contributed by atoms with van der Waals surface area (Å²) < 4.78 is 33.0. The first-order chi connectivity index (χ1) is 15.8. The SMILES string of the molecule is CCOCCn1c(=NC(=O)CCS(=O)(=O)Cc2ccccc2)sc2cc(NC(C)=O)ccc21. The molecule has 33 heavy (non-hydrogen) atoms. The fourth-order valence-corrected chi connectivity index (χ4v) is 5.70. The highest BCUT2D eigenvalue weighted by Gasteiger charge is 2.15. The van der Waals surface area contributed by atoms with Gasteiger partial charge in [0.25, 0.3) is 0 Å². The van der Waals surface area contributed by atoms with E-state index in [1.807, 2.05) is 29.7 Å². The average Bonchev–Trinajstić information content (AvgIpc) is 3.09. The Bertz CT molecular complexity index is 1290. The molecule has 0 aliphatic carbocycles. The summed E-state index contributed by atoms with van der Waals surface area (Å²) in [6, 6.07) is 14.4. The van der Waals surface area contributed by atoms with Gasteiger partial charge in [-0.3, -0.25) is 9.59 Å². The topological polar surface area (TPSA) is 107 Å². The summed E-state index contributed by atoms with van der Waals surface area (Å²) in [5.41, 5.74) is 2.20. The van der Waals surface area contributed by atoms with Gasteiger partial charge in [0.2, 0.25) is 11.8 Å². The smallest absolute Gasteiger partial charge is 0.249 e. The second-order valence-electron chi connectivity index (χ2n) is 7.43. The van der Waals surface area contributed by atoms with E-state index in [-0.39, 0.29) is 23.8 Å². The number of ether oxygens (including phenoxy) is 1. The molecule has 0 spiro atoms. The third-order valence-electron chi connectivity index (χ3n) is 4.74. The Kier molecular flexibility index (Phi) is 8.54. The number of carbonyl (C=O) groups is 2. The first kappa shape index (κ1) is 24.8. The minimum Gasteiger partial charge on any atom is -0.380 e. The maximum Gasteiger partial charge on any atom is 0.249 e. The Morgan fingerprint density at radius 3 is 2.61 bits per heavy atom. The number of aromatic nitrogens is 1. The van der Waals surface area contributed by atoms with Crippen molar-refractivity contribution in [1.82, 2.24) is 4.57 Å². The Morgan fingerprint density at radius 2 is 1.91 bits per heavy atom. The standard InChI is InChI=1S/C23H27N3O5S2/c1-3-31-13-12-26-20-10-9-19(24-17(2)27)15-21(20)32-23(26)25-22(28)11-14-33(29,30)16-18-7-5-4-6-8-18/h4-10,15H,3,11-14,16H2,1-2H3,(H,24,27). The van der Waals surface area contributed by atoms with Crippen LogP contribution in [-0.4, -0.2) is 43.8 Å². The Labute approximate surface area is 196 Å². The van der Waals surface area contributed by atoms with Crippen molar-refractivity contribution >= 4 is 48.9 Å². The molecule has 2 aromatic carbocycles. The number of nitrogens with one attached hydrogen (secondary N) is 1. The zero-order valence-electron chi connectivity index (χ0n) is 18.6. The second-order valence-corrected chi connectivity index (χ2v) is 10.6. The van der Waals surface area contributed by atoms with E-state index in [1.165, 1.54) is 18.3 Å². The fraction of sp³-hybridized carbons (Fsp3) is 0.348. The van der Waals surface area contributed by atoms with Gasteiger partial charge >= 0.3 is 0 Å². The van der Waals surface area contributed by atoms with Crippen LogP contribution in [0.3, 0.4) is 0 Å². The van der Waals surface area contributed by atoms with Crippen LogP contribution < -0.4 is 10.1 Å². The van der Waals surface area contributed by atoms with E-state index in [0.717, 1.165) is 10.2 Å². The molecule has 0 bridgehead atoms. The van der Waals surface area contributed by atoms with Gasteiger partial charge in [-0.1, -0.05) is 41.7 Å². The van der Waals surface area contributed by atoms with E-state index < -0.39 is 15.7 Å². The van der Waals surface area contributed by atoms with Crippen LogP contribution in [0.2, 0.25) is 0 Å². The van der Waals surface area contributed by atoms with Crippen molar-refractivity contribution in [2.45, 2.75) is 32.6 Å². The van der Waals surface area contributed by atoms with Crippen molar-refractivity contribution in [2.24, 2.45) is 4.99 Å². The molecule has 1 heterocycles. The van der Waals surface area contributed by atoms with E-state index >= 15 is 0 Å². The number of hydrogen-bond donors (Lipinski definition) is 1. The first-order valence-corrected chi connectivity index (χ1v) is 13.2. The number of sulfone groups is 1. The first-order valence-electron chi connectivity index (χ1n) is 10.6. The molecule has 0 saturated carbocycles. The number of thiazole rings is 1. The monoisotopic (exact) mass is 489 g/mol. The quantitative estimate of drug-likeness (QED) is 0.440. The molecule has 0 radical (unpaired) electrons. The highest BCUT2D eigenvalue weighted by atomic mass is 32.2. The molecule has 3 rings (SSSR count). The van der Waals surface area contributed by atoms with Gasteiger partial charge in [0, 0.05) is 32.2 Å². The van der Waals surface area contributed by atoms with Crippen molar-refractivity contribution in [1.29, 1.82) is 0 Å². The Hall–Kier alpha value is -2.82. The molecule has 0 fully saturated rings. The van der Waals surface area contributed by atoms with Crippen LogP contribution in [0, 0.1) is 0 Å². The van der Waals surface area contributed by atoms with Crippen LogP contribution in [0.15, 0.2) is 53.5 Å². The van der Waals surface area contributed by atoms with Crippen LogP contribution in [0.25, 0.3) is 10.2 Å². The van der Waals surface area contributed by atoms with Crippen molar-refractivity contribution < 1.29 is 22.7 Å². The highest BCUT2D eigenvalue weighted by Crippen LogP contribution is 2.22. The molecule has 0 unspecified atom stereocenters. The van der Waals surface area contributed by atoms with E-state index in [1.54, 1.807) is 30.3 Å². The van der Waals surface area contributed by atoms with Gasteiger partial charge in [0.15, 0.2) is 14.6 Å². The van der Waals surface area contributed by atoms with Crippen molar-refractivity contribution in [2.75, 3.05) is 24.3 Å². The summed E-state index contributed by atoms with van der Waals surface area (Å²) in [5.74, 6) is -1.04. The number of anilines is 1. The van der Waals surface area contributed by atoms with Gasteiger partial charge in [-0.25, -0.2) is 8.42 Å².